The molecule has 6 aromatic rings. The minimum absolute atomic E-state index is 0.0232. The van der Waals surface area contributed by atoms with Crippen molar-refractivity contribution in [2.45, 2.75) is 38.1 Å². The van der Waals surface area contributed by atoms with Gasteiger partial charge in [0.1, 0.15) is 17.6 Å². The number of carbonyl (C=O) groups excluding carboxylic acids is 2. The Morgan fingerprint density at radius 3 is 2.62 bits per heavy atom. The van der Waals surface area contributed by atoms with Crippen molar-refractivity contribution in [2.24, 2.45) is 0 Å². The van der Waals surface area contributed by atoms with Gasteiger partial charge in [0.2, 0.25) is 11.7 Å². The van der Waals surface area contributed by atoms with E-state index in [4.69, 9.17) is 13.6 Å². The monoisotopic (exact) mass is 564 g/mol. The van der Waals surface area contributed by atoms with Crippen LogP contribution < -0.4 is 10.1 Å². The molecule has 0 bridgehead atoms. The van der Waals surface area contributed by atoms with Gasteiger partial charge >= 0.3 is 5.91 Å². The molecule has 0 spiro atoms. The van der Waals surface area contributed by atoms with E-state index >= 15 is 0 Å². The fourth-order valence-corrected chi connectivity index (χ4v) is 4.84. The summed E-state index contributed by atoms with van der Waals surface area (Å²) in [5.74, 6) is 0.560. The molecule has 1 amide bonds. The van der Waals surface area contributed by atoms with E-state index in [1.807, 2.05) is 42.5 Å². The molecule has 4 aromatic heterocycles. The lowest BCUT2D eigenvalue weighted by Gasteiger charge is -2.16. The molecule has 0 fully saturated rings. The second-order valence-electron chi connectivity index (χ2n) is 9.79. The van der Waals surface area contributed by atoms with E-state index in [9.17, 15) is 9.59 Å². The van der Waals surface area contributed by atoms with Crippen LogP contribution in [0.5, 0.6) is 5.88 Å². The fraction of sp³-hybridized carbons (Fsp3) is 0.226. The summed E-state index contributed by atoms with van der Waals surface area (Å²) in [5, 5.41) is 3.99. The molecule has 2 N–H and O–H groups in total. The summed E-state index contributed by atoms with van der Waals surface area (Å²) in [6.07, 6.45) is 7.61. The zero-order valence-electron chi connectivity index (χ0n) is 22.9. The van der Waals surface area contributed by atoms with Crippen molar-refractivity contribution in [3.63, 3.8) is 0 Å². The number of oxazole rings is 2. The molecule has 212 valence electrons. The van der Waals surface area contributed by atoms with Crippen molar-refractivity contribution in [1.82, 2.24) is 30.2 Å². The van der Waals surface area contributed by atoms with Gasteiger partial charge in [0.05, 0.1) is 42.3 Å². The summed E-state index contributed by atoms with van der Waals surface area (Å²) < 4.78 is 16.4. The molecular formula is C31H28N6O5. The number of imidazole rings is 1. The topological polar surface area (TPSA) is 149 Å². The normalized spacial score (nSPS) is 12.0. The minimum atomic E-state index is -0.469. The number of para-hydroxylation sites is 3. The maximum atomic E-state index is 13.2. The molecule has 0 radical (unpaired) electrons. The Kier molecular flexibility index (Phi) is 7.71. The Hall–Kier alpha value is -5.32. The third-order valence-electron chi connectivity index (χ3n) is 6.96. The number of nitrogens with one attached hydrogen (secondary N) is 2. The zero-order chi connectivity index (χ0) is 28.9. The Morgan fingerprint density at radius 1 is 0.976 bits per heavy atom. The molecular weight excluding hydrogens is 536 g/mol. The third-order valence-corrected chi connectivity index (χ3v) is 6.96. The van der Waals surface area contributed by atoms with Crippen LogP contribution in [-0.4, -0.2) is 43.7 Å². The average Bonchev–Trinajstić information content (AvgIpc) is 3.80. The van der Waals surface area contributed by atoms with Crippen molar-refractivity contribution >= 4 is 33.7 Å². The third kappa shape index (κ3) is 5.75. The number of amides is 1. The van der Waals surface area contributed by atoms with Crippen LogP contribution in [0.2, 0.25) is 0 Å². The maximum absolute atomic E-state index is 13.2. The molecule has 1 atom stereocenters. The summed E-state index contributed by atoms with van der Waals surface area (Å²) in [5.41, 5.74) is 3.42. The SMILES string of the molecule is COc1nc2ccccc2cc1-c1cnc(C(CCCCCC(=O)c2ncco2)NC(=O)c2nc3ccccc3o2)[nH]1. The average molecular weight is 565 g/mol. The number of pyridine rings is 1. The summed E-state index contributed by atoms with van der Waals surface area (Å²) in [6.45, 7) is 0. The smallest absolute Gasteiger partial charge is 0.307 e. The number of rotatable bonds is 12. The van der Waals surface area contributed by atoms with Crippen LogP contribution in [0.4, 0.5) is 0 Å². The lowest BCUT2D eigenvalue weighted by Crippen LogP contribution is -2.29. The molecule has 4 heterocycles. The first kappa shape index (κ1) is 26.9. The Morgan fingerprint density at radius 2 is 1.81 bits per heavy atom. The number of fused-ring (bicyclic) bond motifs is 2. The van der Waals surface area contributed by atoms with Gasteiger partial charge in [0, 0.05) is 11.8 Å². The van der Waals surface area contributed by atoms with Crippen molar-refractivity contribution in [2.75, 3.05) is 7.11 Å². The Balaban J connectivity index is 1.21. The van der Waals surface area contributed by atoms with Crippen molar-refractivity contribution < 1.29 is 23.2 Å². The summed E-state index contributed by atoms with van der Waals surface area (Å²) in [7, 11) is 1.58. The van der Waals surface area contributed by atoms with Crippen LogP contribution in [-0.2, 0) is 0 Å². The standard InChI is InChI=1S/C31H28N6O5/c1-40-29-20(17-19-9-5-6-10-21(19)36-29)24-18-33-27(34-24)23(12-3-2-4-13-25(38)30-32-15-16-41-30)35-28(39)31-37-22-11-7-8-14-26(22)42-31/h5-11,14-18,23H,2-4,12-13H2,1H3,(H,33,34)(H,35,39). The predicted octanol–water partition coefficient (Wildman–Crippen LogP) is 6.07. The number of aromatic nitrogens is 5. The number of hydrogen-bond acceptors (Lipinski definition) is 9. The van der Waals surface area contributed by atoms with Gasteiger partial charge in [-0.1, -0.05) is 43.2 Å². The van der Waals surface area contributed by atoms with Crippen LogP contribution in [0.15, 0.2) is 82.1 Å². The van der Waals surface area contributed by atoms with Crippen molar-refractivity contribution in [3.8, 4) is 17.1 Å². The van der Waals surface area contributed by atoms with Gasteiger partial charge in [-0.15, -0.1) is 0 Å². The molecule has 1 unspecified atom stereocenters. The molecule has 6 rings (SSSR count). The predicted molar refractivity (Wildman–Crippen MR) is 154 cm³/mol. The molecule has 2 aromatic carbocycles. The van der Waals surface area contributed by atoms with Crippen LogP contribution in [0.3, 0.4) is 0 Å². The van der Waals surface area contributed by atoms with Gasteiger partial charge in [-0.05, 0) is 37.1 Å². The highest BCUT2D eigenvalue weighted by atomic mass is 16.5. The maximum Gasteiger partial charge on any atom is 0.307 e. The van der Waals surface area contributed by atoms with Crippen molar-refractivity contribution in [3.05, 3.63) is 90.9 Å². The number of carbonyl (C=O) groups is 2. The second kappa shape index (κ2) is 12.0. The van der Waals surface area contributed by atoms with Gasteiger partial charge < -0.3 is 23.9 Å². The number of benzene rings is 2. The van der Waals surface area contributed by atoms with Gasteiger partial charge in [-0.3, -0.25) is 9.59 Å². The zero-order valence-corrected chi connectivity index (χ0v) is 22.9. The van der Waals surface area contributed by atoms with Crippen LogP contribution >= 0.6 is 0 Å². The molecule has 0 saturated heterocycles. The number of ketones is 1. The number of ether oxygens (including phenoxy) is 1. The number of Topliss-reactive ketones (excluding diaryl/α,β-unsaturated/α-hetero) is 1. The summed E-state index contributed by atoms with van der Waals surface area (Å²) in [4.78, 5) is 46.3. The lowest BCUT2D eigenvalue weighted by molar-refractivity contribution is 0.0899. The first-order valence-corrected chi connectivity index (χ1v) is 13.7. The highest BCUT2D eigenvalue weighted by molar-refractivity contribution is 5.93. The van der Waals surface area contributed by atoms with Crippen LogP contribution in [0.1, 0.15) is 65.3 Å². The molecule has 0 aliphatic carbocycles. The number of unbranched alkanes of at least 4 members (excludes halogenated alkanes) is 2. The van der Waals surface area contributed by atoms with E-state index < -0.39 is 11.9 Å². The molecule has 0 aliphatic rings. The number of nitrogens with zero attached hydrogens (tertiary/aromatic N) is 4. The Labute approximate surface area is 240 Å². The van der Waals surface area contributed by atoms with E-state index in [0.29, 0.717) is 47.8 Å². The van der Waals surface area contributed by atoms with Crippen LogP contribution in [0, 0.1) is 0 Å². The minimum Gasteiger partial charge on any atom is -0.480 e. The Bertz CT molecular complexity index is 1810. The van der Waals surface area contributed by atoms with Gasteiger partial charge in [0.15, 0.2) is 5.58 Å². The highest BCUT2D eigenvalue weighted by Crippen LogP contribution is 2.32. The summed E-state index contributed by atoms with van der Waals surface area (Å²) in [6, 6.07) is 16.5. The first-order chi connectivity index (χ1) is 20.6. The first-order valence-electron chi connectivity index (χ1n) is 13.7. The second-order valence-corrected chi connectivity index (χ2v) is 9.79. The van der Waals surface area contributed by atoms with Crippen molar-refractivity contribution in [1.29, 1.82) is 0 Å². The summed E-state index contributed by atoms with van der Waals surface area (Å²) >= 11 is 0. The fourth-order valence-electron chi connectivity index (χ4n) is 4.84. The number of hydrogen-bond donors (Lipinski definition) is 2. The van der Waals surface area contributed by atoms with E-state index in [0.717, 1.165) is 29.3 Å². The largest absolute Gasteiger partial charge is 0.480 e. The lowest BCUT2D eigenvalue weighted by atomic mass is 10.1. The highest BCUT2D eigenvalue weighted by Gasteiger charge is 2.23. The van der Waals surface area contributed by atoms with Crippen LogP contribution in [0.25, 0.3) is 33.3 Å². The quantitative estimate of drug-likeness (QED) is 0.133. The molecule has 42 heavy (non-hydrogen) atoms. The molecule has 11 nitrogen and oxygen atoms in total. The van der Waals surface area contributed by atoms with E-state index in [2.05, 4.69) is 30.2 Å². The van der Waals surface area contributed by atoms with E-state index in [1.165, 1.54) is 12.5 Å². The van der Waals surface area contributed by atoms with E-state index in [1.54, 1.807) is 25.4 Å². The number of H-pyrrole nitrogens is 1. The van der Waals surface area contributed by atoms with Gasteiger partial charge in [-0.25, -0.2) is 19.9 Å². The van der Waals surface area contributed by atoms with Gasteiger partial charge in [-0.2, -0.15) is 0 Å². The number of methoxy groups -OCH3 is 1. The molecule has 11 heteroatoms. The van der Waals surface area contributed by atoms with Gasteiger partial charge in [0.25, 0.3) is 11.8 Å². The molecule has 0 saturated carbocycles. The molecule has 0 aliphatic heterocycles. The van der Waals surface area contributed by atoms with E-state index in [-0.39, 0.29) is 17.6 Å². The number of aromatic amines is 1.